The first-order valence-corrected chi connectivity index (χ1v) is 10.3. The Morgan fingerprint density at radius 1 is 1.15 bits per heavy atom. The van der Waals surface area contributed by atoms with Gasteiger partial charge in [-0.2, -0.15) is 0 Å². The number of amides is 1. The van der Waals surface area contributed by atoms with Crippen LogP contribution in [0, 0.1) is 13.8 Å². The van der Waals surface area contributed by atoms with E-state index < -0.39 is 9.84 Å². The number of hydrogen-bond acceptors (Lipinski definition) is 4. The van der Waals surface area contributed by atoms with E-state index in [2.05, 4.69) is 10.3 Å². The predicted molar refractivity (Wildman–Crippen MR) is 104 cm³/mol. The molecule has 2 heterocycles. The summed E-state index contributed by atoms with van der Waals surface area (Å²) in [5, 5.41) is 2.89. The zero-order valence-electron chi connectivity index (χ0n) is 15.4. The van der Waals surface area contributed by atoms with Crippen molar-refractivity contribution in [3.63, 3.8) is 0 Å². The van der Waals surface area contributed by atoms with E-state index in [1.54, 1.807) is 36.7 Å². The van der Waals surface area contributed by atoms with Crippen LogP contribution in [0.15, 0.2) is 59.8 Å². The van der Waals surface area contributed by atoms with Gasteiger partial charge in [-0.05, 0) is 49.7 Å². The minimum Gasteiger partial charge on any atom is -0.348 e. The third-order valence-electron chi connectivity index (χ3n) is 4.38. The lowest BCUT2D eigenvalue weighted by atomic mass is 10.2. The summed E-state index contributed by atoms with van der Waals surface area (Å²) < 4.78 is 25.0. The Hall–Kier alpha value is -2.93. The van der Waals surface area contributed by atoms with Gasteiger partial charge in [0, 0.05) is 30.4 Å². The molecule has 7 heteroatoms. The van der Waals surface area contributed by atoms with Gasteiger partial charge in [-0.1, -0.05) is 12.1 Å². The van der Waals surface area contributed by atoms with Gasteiger partial charge < -0.3 is 9.88 Å². The summed E-state index contributed by atoms with van der Waals surface area (Å²) in [6.45, 7) is 4.16. The van der Waals surface area contributed by atoms with Crippen molar-refractivity contribution >= 4 is 15.7 Å². The molecule has 0 aliphatic heterocycles. The second-order valence-corrected chi connectivity index (χ2v) is 8.45. The highest BCUT2D eigenvalue weighted by Gasteiger charge is 2.16. The van der Waals surface area contributed by atoms with Crippen LogP contribution in [0.3, 0.4) is 0 Å². The molecule has 0 atom stereocenters. The molecule has 1 aromatic carbocycles. The maximum atomic E-state index is 12.6. The van der Waals surface area contributed by atoms with Gasteiger partial charge >= 0.3 is 0 Å². The average Bonchev–Trinajstić information content (AvgIpc) is 2.94. The van der Waals surface area contributed by atoms with E-state index in [0.29, 0.717) is 12.1 Å². The maximum Gasteiger partial charge on any atom is 0.253 e. The van der Waals surface area contributed by atoms with Gasteiger partial charge in [-0.25, -0.2) is 8.42 Å². The van der Waals surface area contributed by atoms with E-state index in [0.717, 1.165) is 22.6 Å². The predicted octanol–water partition coefficient (Wildman–Crippen LogP) is 2.82. The van der Waals surface area contributed by atoms with Crippen LogP contribution in [-0.4, -0.2) is 30.1 Å². The number of nitrogens with one attached hydrogen (secondary N) is 1. The Bertz CT molecular complexity index is 1070. The van der Waals surface area contributed by atoms with E-state index in [9.17, 15) is 13.2 Å². The topological polar surface area (TPSA) is 81.1 Å². The highest BCUT2D eigenvalue weighted by atomic mass is 32.2. The average molecular weight is 383 g/mol. The summed E-state index contributed by atoms with van der Waals surface area (Å²) in [6.07, 6.45) is 4.63. The lowest BCUT2D eigenvalue weighted by Gasteiger charge is -2.09. The molecule has 0 fully saturated rings. The molecule has 0 spiro atoms. The van der Waals surface area contributed by atoms with Crippen LogP contribution in [0.1, 0.15) is 27.3 Å². The first-order chi connectivity index (χ1) is 12.8. The summed E-state index contributed by atoms with van der Waals surface area (Å²) >= 11 is 0. The number of aromatic nitrogens is 2. The van der Waals surface area contributed by atoms with Gasteiger partial charge in [0.1, 0.15) is 0 Å². The largest absolute Gasteiger partial charge is 0.348 e. The van der Waals surface area contributed by atoms with Crippen molar-refractivity contribution in [2.75, 3.05) is 6.26 Å². The quantitative estimate of drug-likeness (QED) is 0.735. The molecule has 0 saturated carbocycles. The van der Waals surface area contributed by atoms with Crippen LogP contribution >= 0.6 is 0 Å². The number of rotatable bonds is 5. The Morgan fingerprint density at radius 2 is 1.85 bits per heavy atom. The fraction of sp³-hybridized carbons (Fsp3) is 0.200. The number of pyridine rings is 1. The number of nitrogens with zero attached hydrogens (tertiary/aromatic N) is 2. The van der Waals surface area contributed by atoms with Gasteiger partial charge in [-0.15, -0.1) is 0 Å². The highest BCUT2D eigenvalue weighted by Crippen LogP contribution is 2.20. The summed E-state index contributed by atoms with van der Waals surface area (Å²) in [7, 11) is -3.22. The molecule has 0 radical (unpaired) electrons. The Kier molecular flexibility index (Phi) is 5.14. The minimum absolute atomic E-state index is 0.176. The molecular formula is C20H21N3O3S. The second-order valence-electron chi connectivity index (χ2n) is 6.43. The lowest BCUT2D eigenvalue weighted by molar-refractivity contribution is 0.0950. The highest BCUT2D eigenvalue weighted by molar-refractivity contribution is 7.90. The molecule has 1 N–H and O–H groups in total. The van der Waals surface area contributed by atoms with Crippen LogP contribution in [0.4, 0.5) is 0 Å². The van der Waals surface area contributed by atoms with Gasteiger partial charge in [0.25, 0.3) is 5.91 Å². The van der Waals surface area contributed by atoms with Gasteiger partial charge in [0.15, 0.2) is 9.84 Å². The number of carbonyl (C=O) groups excluding carboxylic acids is 1. The van der Waals surface area contributed by atoms with Crippen LogP contribution in [0.2, 0.25) is 0 Å². The smallest absolute Gasteiger partial charge is 0.253 e. The van der Waals surface area contributed by atoms with Crippen LogP contribution in [-0.2, 0) is 16.4 Å². The molecule has 3 aromatic rings. The molecule has 0 saturated heterocycles. The summed E-state index contributed by atoms with van der Waals surface area (Å²) in [5.74, 6) is -0.176. The van der Waals surface area contributed by atoms with E-state index in [1.807, 2.05) is 36.6 Å². The number of sulfone groups is 1. The summed E-state index contributed by atoms with van der Waals surface area (Å²) in [6, 6.07) is 12.2. The number of benzene rings is 1. The molecule has 2 aromatic heterocycles. The Labute approximate surface area is 158 Å². The minimum atomic E-state index is -3.22. The monoisotopic (exact) mass is 383 g/mol. The van der Waals surface area contributed by atoms with Gasteiger partial charge in [0.2, 0.25) is 0 Å². The SMILES string of the molecule is Cc1cc(C(=O)NCc2ccc(S(C)(=O)=O)cc2)c(C)n1-c1cccnc1. The molecule has 6 nitrogen and oxygen atoms in total. The standard InChI is InChI=1S/C20H21N3O3S/c1-14-11-19(15(2)23(14)17-5-4-10-21-13-17)20(24)22-12-16-6-8-18(9-7-16)27(3,25)26/h4-11,13H,12H2,1-3H3,(H,22,24). The first-order valence-electron chi connectivity index (χ1n) is 8.44. The van der Waals surface area contributed by atoms with E-state index >= 15 is 0 Å². The molecular weight excluding hydrogens is 362 g/mol. The third-order valence-corrected chi connectivity index (χ3v) is 5.51. The molecule has 0 bridgehead atoms. The van der Waals surface area contributed by atoms with Crippen molar-refractivity contribution in [3.8, 4) is 5.69 Å². The van der Waals surface area contributed by atoms with E-state index in [1.165, 1.54) is 6.26 Å². The zero-order valence-corrected chi connectivity index (χ0v) is 16.2. The second kappa shape index (κ2) is 7.36. The summed E-state index contributed by atoms with van der Waals surface area (Å²) in [5.41, 5.74) is 4.12. The number of hydrogen-bond donors (Lipinski definition) is 1. The molecule has 0 aliphatic rings. The van der Waals surface area contributed by atoms with Crippen molar-refractivity contribution in [2.24, 2.45) is 0 Å². The van der Waals surface area contributed by atoms with Crippen molar-refractivity contribution in [2.45, 2.75) is 25.3 Å². The van der Waals surface area contributed by atoms with Crippen molar-refractivity contribution < 1.29 is 13.2 Å². The van der Waals surface area contributed by atoms with Crippen molar-refractivity contribution in [1.29, 1.82) is 0 Å². The molecule has 0 aliphatic carbocycles. The normalized spacial score (nSPS) is 11.4. The Morgan fingerprint density at radius 3 is 2.44 bits per heavy atom. The van der Waals surface area contributed by atoms with Crippen LogP contribution in [0.5, 0.6) is 0 Å². The van der Waals surface area contributed by atoms with Crippen LogP contribution < -0.4 is 5.32 Å². The third kappa shape index (κ3) is 4.09. The van der Waals surface area contributed by atoms with Crippen molar-refractivity contribution in [1.82, 2.24) is 14.9 Å². The fourth-order valence-electron chi connectivity index (χ4n) is 3.01. The molecule has 1 amide bonds. The van der Waals surface area contributed by atoms with E-state index in [4.69, 9.17) is 0 Å². The number of aryl methyl sites for hydroxylation is 1. The Balaban J connectivity index is 1.76. The molecule has 140 valence electrons. The molecule has 27 heavy (non-hydrogen) atoms. The lowest BCUT2D eigenvalue weighted by Crippen LogP contribution is -2.23. The molecule has 3 rings (SSSR count). The van der Waals surface area contributed by atoms with Gasteiger partial charge in [-0.3, -0.25) is 9.78 Å². The first kappa shape index (κ1) is 18.8. The number of carbonyl (C=O) groups is 1. The zero-order chi connectivity index (χ0) is 19.6. The fourth-order valence-corrected chi connectivity index (χ4v) is 3.64. The van der Waals surface area contributed by atoms with Crippen LogP contribution in [0.25, 0.3) is 5.69 Å². The summed E-state index contributed by atoms with van der Waals surface area (Å²) in [4.78, 5) is 17.0. The van der Waals surface area contributed by atoms with E-state index in [-0.39, 0.29) is 10.8 Å². The van der Waals surface area contributed by atoms with Gasteiger partial charge in [0.05, 0.1) is 22.3 Å². The molecule has 0 unspecified atom stereocenters. The maximum absolute atomic E-state index is 12.6. The van der Waals surface area contributed by atoms with Crippen molar-refractivity contribution in [3.05, 3.63) is 77.4 Å².